The van der Waals surface area contributed by atoms with Crippen molar-refractivity contribution in [3.63, 3.8) is 0 Å². The molecular weight excluding hydrogens is 264 g/mol. The quantitative estimate of drug-likeness (QED) is 0.878. The van der Waals surface area contributed by atoms with Crippen LogP contribution in [0.1, 0.15) is 19.3 Å². The molecule has 0 bridgehead atoms. The van der Waals surface area contributed by atoms with Crippen molar-refractivity contribution in [1.82, 2.24) is 14.5 Å². The van der Waals surface area contributed by atoms with E-state index in [1.54, 1.807) is 6.20 Å². The summed E-state index contributed by atoms with van der Waals surface area (Å²) in [5.41, 5.74) is 7.40. The van der Waals surface area contributed by atoms with Crippen molar-refractivity contribution >= 4 is 11.6 Å². The predicted molar refractivity (Wildman–Crippen MR) is 82.5 cm³/mol. The van der Waals surface area contributed by atoms with Crippen LogP contribution in [-0.2, 0) is 11.3 Å². The molecule has 0 aliphatic carbocycles. The summed E-state index contributed by atoms with van der Waals surface area (Å²) < 4.78 is 1.91. The van der Waals surface area contributed by atoms with Gasteiger partial charge in [0.2, 0.25) is 5.91 Å². The van der Waals surface area contributed by atoms with E-state index in [-0.39, 0.29) is 5.91 Å². The molecule has 1 amide bonds. The molecule has 5 heteroatoms. The minimum Gasteiger partial charge on any atom is -0.399 e. The fourth-order valence-corrected chi connectivity index (χ4v) is 2.72. The largest absolute Gasteiger partial charge is 0.399 e. The number of hydrogen-bond acceptors (Lipinski definition) is 3. The Hall–Kier alpha value is -2.30. The predicted octanol–water partition coefficient (Wildman–Crippen LogP) is 2.14. The molecule has 1 aliphatic rings. The van der Waals surface area contributed by atoms with E-state index in [0.29, 0.717) is 6.54 Å². The molecule has 2 N–H and O–H groups in total. The van der Waals surface area contributed by atoms with E-state index >= 15 is 0 Å². The molecule has 1 fully saturated rings. The first-order valence-corrected chi connectivity index (χ1v) is 7.39. The Bertz CT molecular complexity index is 611. The van der Waals surface area contributed by atoms with Gasteiger partial charge >= 0.3 is 0 Å². The topological polar surface area (TPSA) is 64.1 Å². The normalized spacial score (nSPS) is 15.1. The first kappa shape index (κ1) is 13.7. The molecule has 0 radical (unpaired) electrons. The number of hydrogen-bond donors (Lipinski definition) is 1. The molecule has 0 spiro atoms. The summed E-state index contributed by atoms with van der Waals surface area (Å²) in [4.78, 5) is 18.7. The van der Waals surface area contributed by atoms with Crippen LogP contribution in [0.2, 0.25) is 0 Å². The zero-order chi connectivity index (χ0) is 14.7. The van der Waals surface area contributed by atoms with Gasteiger partial charge in [-0.25, -0.2) is 4.98 Å². The van der Waals surface area contributed by atoms with Crippen molar-refractivity contribution in [1.29, 1.82) is 0 Å². The van der Waals surface area contributed by atoms with Crippen molar-refractivity contribution in [3.05, 3.63) is 36.7 Å². The van der Waals surface area contributed by atoms with E-state index in [4.69, 9.17) is 5.73 Å². The number of aromatic nitrogens is 2. The molecule has 1 aliphatic heterocycles. The van der Waals surface area contributed by atoms with Gasteiger partial charge in [0.25, 0.3) is 0 Å². The first-order valence-electron chi connectivity index (χ1n) is 7.39. The minimum atomic E-state index is 0.171. The Morgan fingerprint density at radius 2 is 1.86 bits per heavy atom. The van der Waals surface area contributed by atoms with Gasteiger partial charge in [0.1, 0.15) is 12.4 Å². The second-order valence-corrected chi connectivity index (χ2v) is 5.44. The summed E-state index contributed by atoms with van der Waals surface area (Å²) in [6.07, 6.45) is 7.04. The van der Waals surface area contributed by atoms with Crippen molar-refractivity contribution < 1.29 is 4.79 Å². The van der Waals surface area contributed by atoms with E-state index in [1.807, 2.05) is 39.9 Å². The number of nitrogens with zero attached hydrogens (tertiary/aromatic N) is 3. The highest BCUT2D eigenvalue weighted by Crippen LogP contribution is 2.19. The fraction of sp³-hybridized carbons (Fsp3) is 0.375. The third-order valence-corrected chi connectivity index (χ3v) is 3.90. The standard InChI is InChI=1S/C16H20N4O/c17-14-6-4-13(5-7-14)16-18-8-11-20(16)12-15(21)19-9-2-1-3-10-19/h4-8,11H,1-3,9-10,12,17H2. The van der Waals surface area contributed by atoms with Crippen LogP contribution in [0.25, 0.3) is 11.4 Å². The van der Waals surface area contributed by atoms with Gasteiger partial charge in [-0.3, -0.25) is 4.79 Å². The molecule has 21 heavy (non-hydrogen) atoms. The van der Waals surface area contributed by atoms with Gasteiger partial charge in [0.15, 0.2) is 0 Å². The van der Waals surface area contributed by atoms with Crippen LogP contribution >= 0.6 is 0 Å². The van der Waals surface area contributed by atoms with Gasteiger partial charge < -0.3 is 15.2 Å². The molecule has 5 nitrogen and oxygen atoms in total. The summed E-state index contributed by atoms with van der Waals surface area (Å²) in [7, 11) is 0. The molecular formula is C16H20N4O. The third-order valence-electron chi connectivity index (χ3n) is 3.90. The monoisotopic (exact) mass is 284 g/mol. The van der Waals surface area contributed by atoms with Crippen LogP contribution in [0.3, 0.4) is 0 Å². The lowest BCUT2D eigenvalue weighted by atomic mass is 10.1. The Kier molecular flexibility index (Phi) is 3.90. The highest BCUT2D eigenvalue weighted by atomic mass is 16.2. The molecule has 1 saturated heterocycles. The van der Waals surface area contributed by atoms with Crippen molar-refractivity contribution in [2.45, 2.75) is 25.8 Å². The van der Waals surface area contributed by atoms with Gasteiger partial charge in [-0.05, 0) is 43.5 Å². The lowest BCUT2D eigenvalue weighted by molar-refractivity contribution is -0.132. The number of imidazole rings is 1. The fourth-order valence-electron chi connectivity index (χ4n) is 2.72. The molecule has 2 heterocycles. The number of rotatable bonds is 3. The van der Waals surface area contributed by atoms with Crippen LogP contribution in [-0.4, -0.2) is 33.4 Å². The van der Waals surface area contributed by atoms with Gasteiger partial charge in [-0.2, -0.15) is 0 Å². The number of carbonyl (C=O) groups excluding carboxylic acids is 1. The number of amides is 1. The van der Waals surface area contributed by atoms with Crippen molar-refractivity contribution in [3.8, 4) is 11.4 Å². The second kappa shape index (κ2) is 5.99. The van der Waals surface area contributed by atoms with Crippen molar-refractivity contribution in [2.24, 2.45) is 0 Å². The maximum absolute atomic E-state index is 12.4. The van der Waals surface area contributed by atoms with Crippen LogP contribution in [0.15, 0.2) is 36.7 Å². The van der Waals surface area contributed by atoms with E-state index in [2.05, 4.69) is 4.98 Å². The Labute approximate surface area is 124 Å². The van der Waals surface area contributed by atoms with Crippen LogP contribution in [0, 0.1) is 0 Å². The molecule has 2 aromatic rings. The summed E-state index contributed by atoms with van der Waals surface area (Å²) in [5.74, 6) is 0.977. The number of nitrogens with two attached hydrogens (primary N) is 1. The number of anilines is 1. The van der Waals surface area contributed by atoms with E-state index in [9.17, 15) is 4.79 Å². The van der Waals surface area contributed by atoms with Crippen LogP contribution in [0.5, 0.6) is 0 Å². The summed E-state index contributed by atoms with van der Waals surface area (Å²) in [5, 5.41) is 0. The van der Waals surface area contributed by atoms with E-state index in [0.717, 1.165) is 43.0 Å². The summed E-state index contributed by atoms with van der Waals surface area (Å²) in [6, 6.07) is 7.56. The van der Waals surface area contributed by atoms with Crippen LogP contribution in [0.4, 0.5) is 5.69 Å². The number of benzene rings is 1. The molecule has 0 saturated carbocycles. The third kappa shape index (κ3) is 3.07. The van der Waals surface area contributed by atoms with E-state index < -0.39 is 0 Å². The molecule has 110 valence electrons. The van der Waals surface area contributed by atoms with Crippen LogP contribution < -0.4 is 5.73 Å². The summed E-state index contributed by atoms with van der Waals surface area (Å²) >= 11 is 0. The minimum absolute atomic E-state index is 0.171. The van der Waals surface area contributed by atoms with Gasteiger partial charge in [-0.15, -0.1) is 0 Å². The second-order valence-electron chi connectivity index (χ2n) is 5.44. The molecule has 1 aromatic heterocycles. The zero-order valence-electron chi connectivity index (χ0n) is 12.0. The molecule has 1 aromatic carbocycles. The Morgan fingerprint density at radius 3 is 2.57 bits per heavy atom. The van der Waals surface area contributed by atoms with E-state index in [1.165, 1.54) is 6.42 Å². The number of likely N-dealkylation sites (tertiary alicyclic amines) is 1. The highest BCUT2D eigenvalue weighted by molar-refractivity contribution is 5.77. The lowest BCUT2D eigenvalue weighted by Gasteiger charge is -2.27. The van der Waals surface area contributed by atoms with Gasteiger partial charge in [-0.1, -0.05) is 0 Å². The SMILES string of the molecule is Nc1ccc(-c2nccn2CC(=O)N2CCCCC2)cc1. The Morgan fingerprint density at radius 1 is 1.14 bits per heavy atom. The molecule has 0 atom stereocenters. The zero-order valence-corrected chi connectivity index (χ0v) is 12.0. The smallest absolute Gasteiger partial charge is 0.242 e. The number of carbonyl (C=O) groups is 1. The number of nitrogen functional groups attached to an aromatic ring is 1. The maximum atomic E-state index is 12.4. The maximum Gasteiger partial charge on any atom is 0.242 e. The molecule has 0 unspecified atom stereocenters. The summed E-state index contributed by atoms with van der Waals surface area (Å²) in [6.45, 7) is 2.11. The average Bonchev–Trinajstić information content (AvgIpc) is 2.97. The average molecular weight is 284 g/mol. The van der Waals surface area contributed by atoms with Crippen molar-refractivity contribution in [2.75, 3.05) is 18.8 Å². The Balaban J connectivity index is 1.76. The lowest BCUT2D eigenvalue weighted by Crippen LogP contribution is -2.37. The molecule has 3 rings (SSSR count). The number of piperidine rings is 1. The van der Waals surface area contributed by atoms with Gasteiger partial charge in [0.05, 0.1) is 0 Å². The highest BCUT2D eigenvalue weighted by Gasteiger charge is 2.18. The first-order chi connectivity index (χ1) is 10.2. The van der Waals surface area contributed by atoms with Gasteiger partial charge in [0, 0.05) is 36.7 Å².